The number of carboxylic acid groups (broad SMARTS) is 1. The molecule has 5 nitrogen and oxygen atoms in total. The zero-order chi connectivity index (χ0) is 21.2. The molecule has 0 amide bonds. The number of carboxylic acids is 1. The van der Waals surface area contributed by atoms with E-state index in [1.807, 2.05) is 73.8 Å². The van der Waals surface area contributed by atoms with Crippen molar-refractivity contribution in [3.8, 4) is 5.75 Å². The first-order valence-corrected chi connectivity index (χ1v) is 10.2. The van der Waals surface area contributed by atoms with Crippen LogP contribution in [0.25, 0.3) is 0 Å². The van der Waals surface area contributed by atoms with E-state index in [0.29, 0.717) is 6.61 Å². The molecule has 0 aliphatic carbocycles. The van der Waals surface area contributed by atoms with Crippen molar-refractivity contribution in [2.75, 3.05) is 19.0 Å². The van der Waals surface area contributed by atoms with Gasteiger partial charge in [0.05, 0.1) is 18.0 Å². The summed E-state index contributed by atoms with van der Waals surface area (Å²) in [5.41, 5.74) is 4.28. The molecule has 3 rings (SSSR count). The van der Waals surface area contributed by atoms with Gasteiger partial charge in [0.15, 0.2) is 0 Å². The Kier molecular flexibility index (Phi) is 7.84. The Morgan fingerprint density at radius 2 is 1.70 bits per heavy atom. The third kappa shape index (κ3) is 6.62. The molecule has 0 fully saturated rings. The summed E-state index contributed by atoms with van der Waals surface area (Å²) in [6.45, 7) is 0.542. The lowest BCUT2D eigenvalue weighted by atomic mass is 9.90. The van der Waals surface area contributed by atoms with Gasteiger partial charge in [-0.25, -0.2) is 0 Å². The van der Waals surface area contributed by atoms with Crippen molar-refractivity contribution in [2.45, 2.75) is 25.7 Å². The molecule has 0 saturated heterocycles. The van der Waals surface area contributed by atoms with Gasteiger partial charge in [-0.05, 0) is 54.2 Å². The maximum absolute atomic E-state index is 11.3. The van der Waals surface area contributed by atoms with E-state index in [1.54, 1.807) is 6.20 Å². The van der Waals surface area contributed by atoms with Crippen LogP contribution in [0.1, 0.15) is 23.2 Å². The van der Waals surface area contributed by atoms with Crippen molar-refractivity contribution in [1.82, 2.24) is 4.98 Å². The summed E-state index contributed by atoms with van der Waals surface area (Å²) in [5.74, 6) is 0.102. The molecule has 3 aromatic rings. The minimum Gasteiger partial charge on any atom is -0.493 e. The second-order valence-corrected chi connectivity index (χ2v) is 7.35. The summed E-state index contributed by atoms with van der Waals surface area (Å²) in [7, 11) is 1.88. The molecule has 1 aromatic heterocycles. The van der Waals surface area contributed by atoms with Gasteiger partial charge in [0.2, 0.25) is 0 Å². The lowest BCUT2D eigenvalue weighted by Crippen LogP contribution is -2.13. The third-order valence-corrected chi connectivity index (χ3v) is 5.05. The smallest absolute Gasteiger partial charge is 0.303 e. The summed E-state index contributed by atoms with van der Waals surface area (Å²) < 4.78 is 5.87. The average molecular weight is 405 g/mol. The largest absolute Gasteiger partial charge is 0.493 e. The van der Waals surface area contributed by atoms with E-state index < -0.39 is 5.97 Å². The molecule has 2 aromatic carbocycles. The second kappa shape index (κ2) is 11.0. The van der Waals surface area contributed by atoms with Crippen molar-refractivity contribution in [3.05, 3.63) is 89.7 Å². The van der Waals surface area contributed by atoms with Gasteiger partial charge in [-0.1, -0.05) is 42.5 Å². The highest BCUT2D eigenvalue weighted by atomic mass is 16.5. The second-order valence-electron chi connectivity index (χ2n) is 7.35. The number of rotatable bonds is 11. The van der Waals surface area contributed by atoms with Crippen LogP contribution in [0.5, 0.6) is 5.75 Å². The van der Waals surface area contributed by atoms with Crippen LogP contribution in [-0.2, 0) is 24.1 Å². The highest BCUT2D eigenvalue weighted by Crippen LogP contribution is 2.21. The number of hydrogen-bond donors (Lipinski definition) is 2. The molecular formula is C25H28N2O3. The van der Waals surface area contributed by atoms with Gasteiger partial charge in [0.25, 0.3) is 0 Å². The van der Waals surface area contributed by atoms with Crippen molar-refractivity contribution < 1.29 is 14.6 Å². The van der Waals surface area contributed by atoms with Gasteiger partial charge in [0, 0.05) is 26.1 Å². The Labute approximate surface area is 177 Å². The first-order valence-electron chi connectivity index (χ1n) is 10.2. The number of nitrogens with zero attached hydrogens (tertiary/aromatic N) is 1. The van der Waals surface area contributed by atoms with Gasteiger partial charge in [0.1, 0.15) is 5.75 Å². The molecule has 5 heteroatoms. The van der Waals surface area contributed by atoms with E-state index in [1.165, 1.54) is 5.56 Å². The molecule has 1 atom stereocenters. The Morgan fingerprint density at radius 1 is 1.00 bits per heavy atom. The minimum atomic E-state index is -0.758. The monoisotopic (exact) mass is 404 g/mol. The molecule has 0 bridgehead atoms. The van der Waals surface area contributed by atoms with Crippen molar-refractivity contribution >= 4 is 11.7 Å². The molecule has 0 aliphatic heterocycles. The van der Waals surface area contributed by atoms with Crippen molar-refractivity contribution in [1.29, 1.82) is 0 Å². The fourth-order valence-electron chi connectivity index (χ4n) is 3.60. The number of nitrogens with one attached hydrogen (secondary N) is 1. The van der Waals surface area contributed by atoms with Crippen LogP contribution in [0, 0.1) is 5.92 Å². The van der Waals surface area contributed by atoms with E-state index in [2.05, 4.69) is 10.3 Å². The van der Waals surface area contributed by atoms with Gasteiger partial charge in [-0.15, -0.1) is 0 Å². The Morgan fingerprint density at radius 3 is 2.37 bits per heavy atom. The first-order chi connectivity index (χ1) is 14.6. The van der Waals surface area contributed by atoms with Crippen LogP contribution < -0.4 is 10.1 Å². The van der Waals surface area contributed by atoms with Crippen molar-refractivity contribution in [2.24, 2.45) is 5.92 Å². The fourth-order valence-corrected chi connectivity index (χ4v) is 3.60. The highest BCUT2D eigenvalue weighted by molar-refractivity contribution is 5.67. The molecule has 0 spiro atoms. The lowest BCUT2D eigenvalue weighted by molar-refractivity contribution is -0.138. The number of benzene rings is 2. The number of carbonyl (C=O) groups is 1. The highest BCUT2D eigenvalue weighted by Gasteiger charge is 2.15. The Balaban J connectivity index is 1.55. The molecular weight excluding hydrogens is 376 g/mol. The van der Waals surface area contributed by atoms with Gasteiger partial charge in [-0.2, -0.15) is 0 Å². The van der Waals surface area contributed by atoms with Gasteiger partial charge in [-0.3, -0.25) is 9.78 Å². The molecule has 2 N–H and O–H groups in total. The number of aliphatic carboxylic acids is 1. The first kappa shape index (κ1) is 21.4. The molecule has 30 heavy (non-hydrogen) atoms. The third-order valence-electron chi connectivity index (χ3n) is 5.05. The van der Waals surface area contributed by atoms with E-state index in [0.717, 1.165) is 42.0 Å². The number of ether oxygens (including phenoxy) is 1. The number of aromatic nitrogens is 1. The van der Waals surface area contributed by atoms with Gasteiger partial charge < -0.3 is 15.2 Å². The molecule has 0 saturated carbocycles. The van der Waals surface area contributed by atoms with E-state index in [9.17, 15) is 9.90 Å². The SMILES string of the molecule is CNc1cccnc1CCOc1ccc(CC(CC(=O)O)Cc2ccccc2)cc1. The summed E-state index contributed by atoms with van der Waals surface area (Å²) in [5, 5.41) is 12.4. The zero-order valence-electron chi connectivity index (χ0n) is 17.3. The Hall–Kier alpha value is -3.34. The summed E-state index contributed by atoms with van der Waals surface area (Å²) in [6.07, 6.45) is 4.14. The summed E-state index contributed by atoms with van der Waals surface area (Å²) in [6, 6.07) is 21.9. The topological polar surface area (TPSA) is 71.5 Å². The molecule has 0 aliphatic rings. The fraction of sp³-hybridized carbons (Fsp3) is 0.280. The van der Waals surface area contributed by atoms with Crippen molar-refractivity contribution in [3.63, 3.8) is 0 Å². The standard InChI is InChI=1S/C25H28N2O3/c1-26-23-8-5-14-27-24(23)13-15-30-22-11-9-20(10-12-22)17-21(18-25(28)29)16-19-6-3-2-4-7-19/h2-12,14,21,26H,13,15-18H2,1H3,(H,28,29). The quantitative estimate of drug-likeness (QED) is 0.488. The minimum absolute atomic E-state index is 0.0563. The normalized spacial score (nSPS) is 11.6. The maximum Gasteiger partial charge on any atom is 0.303 e. The average Bonchev–Trinajstić information content (AvgIpc) is 2.75. The predicted octanol–water partition coefficient (Wildman–Crippen LogP) is 4.62. The molecule has 0 radical (unpaired) electrons. The number of hydrogen-bond acceptors (Lipinski definition) is 4. The Bertz CT molecular complexity index is 927. The molecule has 156 valence electrons. The molecule has 1 heterocycles. The van der Waals surface area contributed by atoms with E-state index in [4.69, 9.17) is 4.74 Å². The van der Waals surface area contributed by atoms with Crippen LogP contribution in [0.2, 0.25) is 0 Å². The number of pyridine rings is 1. The van der Waals surface area contributed by atoms with Crippen LogP contribution in [0.15, 0.2) is 72.9 Å². The predicted molar refractivity (Wildman–Crippen MR) is 119 cm³/mol. The maximum atomic E-state index is 11.3. The summed E-state index contributed by atoms with van der Waals surface area (Å²) in [4.78, 5) is 15.7. The van der Waals surface area contributed by atoms with Crippen LogP contribution in [0.3, 0.4) is 0 Å². The van der Waals surface area contributed by atoms with Crippen LogP contribution in [0.4, 0.5) is 5.69 Å². The van der Waals surface area contributed by atoms with E-state index in [-0.39, 0.29) is 12.3 Å². The van der Waals surface area contributed by atoms with Crippen LogP contribution >= 0.6 is 0 Å². The van der Waals surface area contributed by atoms with Gasteiger partial charge >= 0.3 is 5.97 Å². The zero-order valence-corrected chi connectivity index (χ0v) is 17.3. The van der Waals surface area contributed by atoms with E-state index >= 15 is 0 Å². The molecule has 1 unspecified atom stereocenters. The number of anilines is 1. The van der Waals surface area contributed by atoms with Crippen LogP contribution in [-0.4, -0.2) is 29.7 Å². The summed E-state index contributed by atoms with van der Waals surface area (Å²) >= 11 is 0. The lowest BCUT2D eigenvalue weighted by Gasteiger charge is -2.16.